The maximum Gasteiger partial charge on any atom is 0.289 e. The number of aromatic amines is 1. The van der Waals surface area contributed by atoms with Crippen molar-refractivity contribution in [3.63, 3.8) is 0 Å². The molecule has 6 rings (SSSR count). The van der Waals surface area contributed by atoms with Crippen LogP contribution in [0.2, 0.25) is 0 Å². The number of amides is 4. The van der Waals surface area contributed by atoms with Crippen molar-refractivity contribution < 1.29 is 33.4 Å². The van der Waals surface area contributed by atoms with Crippen molar-refractivity contribution in [2.24, 2.45) is 17.8 Å². The number of aromatic nitrogens is 1. The smallest absolute Gasteiger partial charge is 0.289 e. The van der Waals surface area contributed by atoms with E-state index in [0.717, 1.165) is 30.2 Å². The molecule has 1 aliphatic carbocycles. The first kappa shape index (κ1) is 31.1. The lowest BCUT2D eigenvalue weighted by atomic mass is 9.91. The Hall–Kier alpha value is -4.87. The van der Waals surface area contributed by atoms with Crippen LogP contribution in [0.15, 0.2) is 54.6 Å². The topological polar surface area (TPSA) is 159 Å². The highest BCUT2D eigenvalue weighted by Crippen LogP contribution is 2.43. The van der Waals surface area contributed by atoms with E-state index < -0.39 is 35.6 Å². The van der Waals surface area contributed by atoms with Crippen molar-refractivity contribution in [2.45, 2.75) is 44.2 Å². The molecule has 5 atom stereocenters. The third-order valence-electron chi connectivity index (χ3n) is 9.43. The van der Waals surface area contributed by atoms with Gasteiger partial charge in [-0.1, -0.05) is 30.7 Å². The van der Waals surface area contributed by atoms with Crippen LogP contribution in [0, 0.1) is 17.8 Å². The van der Waals surface area contributed by atoms with Gasteiger partial charge in [0.1, 0.15) is 29.8 Å². The second-order valence-electron chi connectivity index (χ2n) is 12.2. The minimum atomic E-state index is -1.23. The summed E-state index contributed by atoms with van der Waals surface area (Å²) < 4.78 is 11.1. The van der Waals surface area contributed by atoms with Gasteiger partial charge in [0.2, 0.25) is 17.6 Å². The zero-order valence-corrected chi connectivity index (χ0v) is 25.8. The van der Waals surface area contributed by atoms with Gasteiger partial charge in [-0.3, -0.25) is 24.0 Å². The Bertz CT molecular complexity index is 1620. The number of H-pyrrole nitrogens is 1. The Balaban J connectivity index is 1.18. The van der Waals surface area contributed by atoms with Crippen LogP contribution in [0.4, 0.5) is 0 Å². The summed E-state index contributed by atoms with van der Waals surface area (Å²) in [5, 5.41) is 8.90. The number of ketones is 1. The molecular weight excluding hydrogens is 590 g/mol. The maximum absolute atomic E-state index is 14.1. The molecular formula is C34H39N5O7. The van der Waals surface area contributed by atoms with E-state index in [2.05, 4.69) is 20.9 Å². The summed E-state index contributed by atoms with van der Waals surface area (Å²) in [4.78, 5) is 71.7. The van der Waals surface area contributed by atoms with Crippen molar-refractivity contribution in [1.29, 1.82) is 0 Å². The molecule has 1 saturated carbocycles. The van der Waals surface area contributed by atoms with Gasteiger partial charge in [0.05, 0.1) is 19.7 Å². The lowest BCUT2D eigenvalue weighted by Gasteiger charge is -2.29. The molecule has 1 aromatic heterocycles. The molecule has 4 N–H and O–H groups in total. The third-order valence-corrected chi connectivity index (χ3v) is 9.43. The summed E-state index contributed by atoms with van der Waals surface area (Å²) in [7, 11) is 1.57. The minimum absolute atomic E-state index is 0.0130. The number of hydrogen-bond donors (Lipinski definition) is 4. The fourth-order valence-corrected chi connectivity index (χ4v) is 7.16. The van der Waals surface area contributed by atoms with E-state index in [1.807, 2.05) is 36.4 Å². The van der Waals surface area contributed by atoms with Crippen molar-refractivity contribution in [1.82, 2.24) is 25.8 Å². The Morgan fingerprint density at radius 3 is 2.63 bits per heavy atom. The fraction of sp³-hybridized carbons (Fsp3) is 0.441. The molecule has 3 fully saturated rings. The van der Waals surface area contributed by atoms with E-state index in [1.165, 1.54) is 0 Å². The van der Waals surface area contributed by atoms with Gasteiger partial charge < -0.3 is 35.3 Å². The molecule has 2 aliphatic heterocycles. The number of ether oxygens (including phenoxy) is 2. The van der Waals surface area contributed by atoms with E-state index in [1.54, 1.807) is 30.2 Å². The van der Waals surface area contributed by atoms with Crippen LogP contribution in [0.3, 0.4) is 0 Å². The number of nitrogens with one attached hydrogen (secondary N) is 4. The molecule has 0 spiro atoms. The van der Waals surface area contributed by atoms with Gasteiger partial charge in [-0.05, 0) is 67.9 Å². The summed E-state index contributed by atoms with van der Waals surface area (Å²) in [6.45, 7) is 1.10. The molecule has 0 bridgehead atoms. The second-order valence-corrected chi connectivity index (χ2v) is 12.2. The Labute approximate surface area is 266 Å². The van der Waals surface area contributed by atoms with Crippen LogP contribution in [-0.2, 0) is 19.2 Å². The number of rotatable bonds is 12. The number of Topliss-reactive ketones (excluding diaryl/α,β-unsaturated/α-hetero) is 1. The highest BCUT2D eigenvalue weighted by atomic mass is 16.5. The number of methoxy groups -OCH3 is 1. The molecule has 4 amide bonds. The highest BCUT2D eigenvalue weighted by Gasteiger charge is 2.50. The van der Waals surface area contributed by atoms with Gasteiger partial charge in [0.15, 0.2) is 0 Å². The van der Waals surface area contributed by atoms with Crippen LogP contribution in [0.25, 0.3) is 10.9 Å². The number of likely N-dealkylation sites (tertiary alicyclic amines) is 1. The second kappa shape index (κ2) is 13.6. The molecule has 3 aliphatic rings. The number of carbonyl (C=O) groups is 5. The summed E-state index contributed by atoms with van der Waals surface area (Å²) in [6.07, 6.45) is 3.10. The molecule has 0 radical (unpaired) electrons. The van der Waals surface area contributed by atoms with Gasteiger partial charge in [-0.15, -0.1) is 0 Å². The lowest BCUT2D eigenvalue weighted by molar-refractivity contribution is -0.141. The first-order valence-corrected chi connectivity index (χ1v) is 15.9. The van der Waals surface area contributed by atoms with E-state index in [4.69, 9.17) is 9.47 Å². The first-order valence-electron chi connectivity index (χ1n) is 15.9. The molecule has 3 heterocycles. The van der Waals surface area contributed by atoms with Gasteiger partial charge in [-0.2, -0.15) is 0 Å². The van der Waals surface area contributed by atoms with Crippen LogP contribution >= 0.6 is 0 Å². The molecule has 12 nitrogen and oxygen atoms in total. The number of carbonyl (C=O) groups excluding carboxylic acids is 5. The molecule has 12 heteroatoms. The van der Waals surface area contributed by atoms with Crippen molar-refractivity contribution >= 4 is 40.3 Å². The van der Waals surface area contributed by atoms with E-state index in [9.17, 15) is 24.0 Å². The number of benzene rings is 2. The molecule has 2 aromatic carbocycles. The van der Waals surface area contributed by atoms with E-state index in [-0.39, 0.29) is 43.2 Å². The first-order chi connectivity index (χ1) is 22.3. The lowest BCUT2D eigenvalue weighted by Crippen LogP contribution is -2.55. The molecule has 242 valence electrons. The molecule has 3 aromatic rings. The van der Waals surface area contributed by atoms with Gasteiger partial charge in [0, 0.05) is 29.9 Å². The number of hydrogen-bond acceptors (Lipinski definition) is 7. The predicted octanol–water partition coefficient (Wildman–Crippen LogP) is 2.19. The Morgan fingerprint density at radius 2 is 1.87 bits per heavy atom. The van der Waals surface area contributed by atoms with Crippen molar-refractivity contribution in [3.05, 3.63) is 60.3 Å². The normalized spacial score (nSPS) is 22.6. The summed E-state index contributed by atoms with van der Waals surface area (Å²) in [6, 6.07) is 14.3. The summed E-state index contributed by atoms with van der Waals surface area (Å²) in [5.41, 5.74) is 1.08. The van der Waals surface area contributed by atoms with E-state index in [0.29, 0.717) is 36.7 Å². The van der Waals surface area contributed by atoms with Gasteiger partial charge >= 0.3 is 0 Å². The number of para-hydroxylation sites is 1. The summed E-state index contributed by atoms with van der Waals surface area (Å²) >= 11 is 0. The number of fused-ring (bicyclic) bond motifs is 2. The highest BCUT2D eigenvalue weighted by molar-refractivity contribution is 6.38. The van der Waals surface area contributed by atoms with Crippen molar-refractivity contribution in [2.75, 3.05) is 33.4 Å². The van der Waals surface area contributed by atoms with Crippen LogP contribution in [0.5, 0.6) is 11.5 Å². The molecule has 46 heavy (non-hydrogen) atoms. The van der Waals surface area contributed by atoms with E-state index >= 15 is 0 Å². The fourth-order valence-electron chi connectivity index (χ4n) is 7.16. The zero-order valence-electron chi connectivity index (χ0n) is 25.8. The molecule has 2 saturated heterocycles. The average molecular weight is 630 g/mol. The maximum atomic E-state index is 14.1. The molecule has 5 unspecified atom stereocenters. The van der Waals surface area contributed by atoms with Gasteiger partial charge in [-0.25, -0.2) is 0 Å². The van der Waals surface area contributed by atoms with Crippen LogP contribution in [0.1, 0.15) is 42.6 Å². The quantitative estimate of drug-likeness (QED) is 0.177. The van der Waals surface area contributed by atoms with Crippen LogP contribution in [-0.4, -0.2) is 84.7 Å². The SMILES string of the molecule is COc1cccc2[nH]c(C(=O)N3CC4CCCC4C3C(=O)NC(CC3CCNC3=O)C(=O)C(=O)NCCOc3ccccc3)cc12. The standard InChI is InChI=1S/C34H39N5O7/c1-45-28-12-6-11-25-24(28)18-27(37-25)34(44)39-19-21-7-5-10-23(21)29(39)32(42)38-26(17-20-13-14-35-31(20)41)30(40)33(43)36-15-16-46-22-8-3-2-4-9-22/h2-4,6,8-9,11-12,18,20-21,23,26,29,37H,5,7,10,13-17,19H2,1H3,(H,35,41)(H,36,43)(H,38,42). The summed E-state index contributed by atoms with van der Waals surface area (Å²) in [5.74, 6) is -1.92. The van der Waals surface area contributed by atoms with Gasteiger partial charge in [0.25, 0.3) is 11.8 Å². The minimum Gasteiger partial charge on any atom is -0.496 e. The van der Waals surface area contributed by atoms with Crippen LogP contribution < -0.4 is 25.4 Å². The predicted molar refractivity (Wildman–Crippen MR) is 168 cm³/mol. The Morgan fingerprint density at radius 1 is 1.04 bits per heavy atom. The Kier molecular flexibility index (Phi) is 9.23. The largest absolute Gasteiger partial charge is 0.496 e. The van der Waals surface area contributed by atoms with Crippen molar-refractivity contribution in [3.8, 4) is 11.5 Å². The monoisotopic (exact) mass is 629 g/mol. The third kappa shape index (κ3) is 6.42. The zero-order chi connectivity index (χ0) is 32.2. The number of nitrogens with zero attached hydrogens (tertiary/aromatic N) is 1. The average Bonchev–Trinajstić information content (AvgIpc) is 3.86.